The van der Waals surface area contributed by atoms with E-state index in [9.17, 15) is 4.79 Å². The number of hydrogen-bond acceptors (Lipinski definition) is 5. The molecule has 3 heterocycles. The van der Waals surface area contributed by atoms with E-state index in [0.29, 0.717) is 6.42 Å². The first-order chi connectivity index (χ1) is 12.0. The van der Waals surface area contributed by atoms with Gasteiger partial charge in [-0.15, -0.1) is 0 Å². The second-order valence-electron chi connectivity index (χ2n) is 6.85. The van der Waals surface area contributed by atoms with Crippen LogP contribution in [0.2, 0.25) is 0 Å². The van der Waals surface area contributed by atoms with Crippen LogP contribution in [-0.2, 0) is 17.8 Å². The molecule has 2 aromatic heterocycles. The topological polar surface area (TPSA) is 62.2 Å². The van der Waals surface area contributed by atoms with Gasteiger partial charge < -0.3 is 9.80 Å². The Hall–Kier alpha value is -2.34. The van der Waals surface area contributed by atoms with Gasteiger partial charge in [-0.2, -0.15) is 0 Å². The Bertz CT molecular complexity index is 732. The first-order valence-electron chi connectivity index (χ1n) is 8.70. The Labute approximate surface area is 148 Å². The highest BCUT2D eigenvalue weighted by Gasteiger charge is 2.32. The fourth-order valence-corrected chi connectivity index (χ4v) is 3.39. The summed E-state index contributed by atoms with van der Waals surface area (Å²) in [4.78, 5) is 30.1. The van der Waals surface area contributed by atoms with Crippen LogP contribution in [0.1, 0.15) is 41.5 Å². The summed E-state index contributed by atoms with van der Waals surface area (Å²) in [5.41, 5.74) is 3.05. The molecule has 1 aliphatic heterocycles. The molecule has 0 saturated carbocycles. The lowest BCUT2D eigenvalue weighted by atomic mass is 10.0. The van der Waals surface area contributed by atoms with Gasteiger partial charge in [-0.1, -0.05) is 6.07 Å². The fraction of sp³-hybridized carbons (Fsp3) is 0.474. The molecule has 0 radical (unpaired) electrons. The zero-order chi connectivity index (χ0) is 17.8. The molecule has 1 fully saturated rings. The summed E-state index contributed by atoms with van der Waals surface area (Å²) in [6.07, 6.45) is 7.74. The molecule has 1 aliphatic rings. The van der Waals surface area contributed by atoms with Gasteiger partial charge >= 0.3 is 0 Å². The molecule has 2 aromatic rings. The van der Waals surface area contributed by atoms with Crippen LogP contribution in [0.15, 0.2) is 30.7 Å². The largest absolute Gasteiger partial charge is 0.334 e. The van der Waals surface area contributed by atoms with Crippen LogP contribution < -0.4 is 0 Å². The second-order valence-corrected chi connectivity index (χ2v) is 6.85. The predicted molar refractivity (Wildman–Crippen MR) is 95.8 cm³/mol. The summed E-state index contributed by atoms with van der Waals surface area (Å²) in [5.74, 6) is 0.895. The van der Waals surface area contributed by atoms with E-state index >= 15 is 0 Å². The third-order valence-corrected chi connectivity index (χ3v) is 4.47. The molecular weight excluding hydrogens is 314 g/mol. The monoisotopic (exact) mass is 339 g/mol. The molecule has 0 spiro atoms. The van der Waals surface area contributed by atoms with Crippen molar-refractivity contribution >= 4 is 5.91 Å². The lowest BCUT2D eigenvalue weighted by Gasteiger charge is -2.27. The van der Waals surface area contributed by atoms with Gasteiger partial charge in [0.15, 0.2) is 0 Å². The van der Waals surface area contributed by atoms with Crippen molar-refractivity contribution in [1.82, 2.24) is 24.8 Å². The molecule has 132 valence electrons. The van der Waals surface area contributed by atoms with Crippen LogP contribution >= 0.6 is 0 Å². The van der Waals surface area contributed by atoms with Crippen LogP contribution in [-0.4, -0.2) is 51.3 Å². The zero-order valence-electron chi connectivity index (χ0n) is 15.1. The third-order valence-electron chi connectivity index (χ3n) is 4.47. The normalized spacial score (nSPS) is 17.3. The molecule has 0 bridgehead atoms. The molecule has 0 aliphatic carbocycles. The molecule has 0 N–H and O–H groups in total. The number of rotatable bonds is 5. The zero-order valence-corrected chi connectivity index (χ0v) is 15.1. The summed E-state index contributed by atoms with van der Waals surface area (Å²) >= 11 is 0. The Morgan fingerprint density at radius 2 is 2.20 bits per heavy atom. The highest BCUT2D eigenvalue weighted by molar-refractivity contribution is 5.79. The van der Waals surface area contributed by atoms with Crippen LogP contribution in [0.4, 0.5) is 0 Å². The third kappa shape index (κ3) is 4.20. The minimum absolute atomic E-state index is 0.0424. The average molecular weight is 339 g/mol. The first-order valence-corrected chi connectivity index (χ1v) is 8.70. The predicted octanol–water partition coefficient (Wildman–Crippen LogP) is 2.15. The summed E-state index contributed by atoms with van der Waals surface area (Å²) in [5, 5.41) is 0. The fourth-order valence-electron chi connectivity index (χ4n) is 3.39. The smallest absolute Gasteiger partial charge is 0.227 e. The van der Waals surface area contributed by atoms with Crippen molar-refractivity contribution in [1.29, 1.82) is 0 Å². The van der Waals surface area contributed by atoms with Crippen molar-refractivity contribution in [3.8, 4) is 0 Å². The number of aromatic nitrogens is 3. The van der Waals surface area contributed by atoms with E-state index in [0.717, 1.165) is 48.6 Å². The van der Waals surface area contributed by atoms with E-state index in [1.54, 1.807) is 12.4 Å². The van der Waals surface area contributed by atoms with Crippen molar-refractivity contribution in [2.75, 3.05) is 20.6 Å². The molecule has 6 heteroatoms. The average Bonchev–Trinajstić information content (AvgIpc) is 3.06. The number of aryl methyl sites for hydroxylation is 1. The van der Waals surface area contributed by atoms with Crippen molar-refractivity contribution in [2.45, 2.75) is 38.8 Å². The first kappa shape index (κ1) is 17.5. The molecule has 1 atom stereocenters. The summed E-state index contributed by atoms with van der Waals surface area (Å²) in [6, 6.07) is 3.86. The maximum absolute atomic E-state index is 12.9. The van der Waals surface area contributed by atoms with Crippen molar-refractivity contribution < 1.29 is 4.79 Å². The molecule has 1 saturated heterocycles. The van der Waals surface area contributed by atoms with Gasteiger partial charge in [0.2, 0.25) is 5.91 Å². The highest BCUT2D eigenvalue weighted by atomic mass is 16.2. The van der Waals surface area contributed by atoms with Crippen molar-refractivity contribution in [2.24, 2.45) is 0 Å². The number of likely N-dealkylation sites (tertiary alicyclic amines) is 1. The van der Waals surface area contributed by atoms with Gasteiger partial charge in [0, 0.05) is 37.2 Å². The standard InChI is InChI=1S/C19H25N5O/c1-14-21-12-16(13-23(2)3)19(22-14)17-7-5-9-24(17)18(25)10-15-6-4-8-20-11-15/h4,6,8,11-12,17H,5,7,9-10,13H2,1-3H3/t17-/m1/s1. The van der Waals surface area contributed by atoms with Gasteiger partial charge in [0.1, 0.15) is 5.82 Å². The van der Waals surface area contributed by atoms with Gasteiger partial charge in [-0.05, 0) is 45.5 Å². The van der Waals surface area contributed by atoms with Crippen molar-refractivity contribution in [3.05, 3.63) is 53.4 Å². The van der Waals surface area contributed by atoms with Gasteiger partial charge in [-0.25, -0.2) is 9.97 Å². The molecule has 0 unspecified atom stereocenters. The number of nitrogens with zero attached hydrogens (tertiary/aromatic N) is 5. The summed E-state index contributed by atoms with van der Waals surface area (Å²) < 4.78 is 0. The van der Waals surface area contributed by atoms with Crippen LogP contribution in [0.5, 0.6) is 0 Å². The lowest BCUT2D eigenvalue weighted by Crippen LogP contribution is -2.33. The molecule has 0 aromatic carbocycles. The summed E-state index contributed by atoms with van der Waals surface area (Å²) in [6.45, 7) is 3.46. The highest BCUT2D eigenvalue weighted by Crippen LogP contribution is 2.33. The Balaban J connectivity index is 1.84. The molecule has 25 heavy (non-hydrogen) atoms. The van der Waals surface area contributed by atoms with Gasteiger partial charge in [-0.3, -0.25) is 9.78 Å². The van der Waals surface area contributed by atoms with E-state index in [1.807, 2.05) is 44.2 Å². The Morgan fingerprint density at radius 3 is 2.92 bits per heavy atom. The molecule has 1 amide bonds. The number of pyridine rings is 1. The van der Waals surface area contributed by atoms with E-state index in [2.05, 4.69) is 14.9 Å². The Morgan fingerprint density at radius 1 is 1.36 bits per heavy atom. The Kier molecular flexibility index (Phi) is 5.38. The second kappa shape index (κ2) is 7.70. The number of amides is 1. The van der Waals surface area contributed by atoms with Crippen molar-refractivity contribution in [3.63, 3.8) is 0 Å². The van der Waals surface area contributed by atoms with E-state index in [1.165, 1.54) is 0 Å². The SMILES string of the molecule is Cc1ncc(CN(C)C)c([C@H]2CCCN2C(=O)Cc2cccnc2)n1. The number of hydrogen-bond donors (Lipinski definition) is 0. The molecule has 3 rings (SSSR count). The quantitative estimate of drug-likeness (QED) is 0.835. The van der Waals surface area contributed by atoms with Crippen LogP contribution in [0.25, 0.3) is 0 Å². The molecular formula is C19H25N5O. The number of carbonyl (C=O) groups excluding carboxylic acids is 1. The maximum Gasteiger partial charge on any atom is 0.227 e. The van der Waals surface area contributed by atoms with E-state index < -0.39 is 0 Å². The van der Waals surface area contributed by atoms with E-state index in [-0.39, 0.29) is 11.9 Å². The van der Waals surface area contributed by atoms with Crippen LogP contribution in [0.3, 0.4) is 0 Å². The number of carbonyl (C=O) groups is 1. The summed E-state index contributed by atoms with van der Waals surface area (Å²) in [7, 11) is 4.06. The van der Waals surface area contributed by atoms with E-state index in [4.69, 9.17) is 4.98 Å². The van der Waals surface area contributed by atoms with Crippen LogP contribution in [0, 0.1) is 6.92 Å². The van der Waals surface area contributed by atoms with Gasteiger partial charge in [0.05, 0.1) is 18.2 Å². The minimum atomic E-state index is 0.0424. The maximum atomic E-state index is 12.9. The van der Waals surface area contributed by atoms with Gasteiger partial charge in [0.25, 0.3) is 0 Å². The molecule has 6 nitrogen and oxygen atoms in total. The minimum Gasteiger partial charge on any atom is -0.334 e. The lowest BCUT2D eigenvalue weighted by molar-refractivity contribution is -0.131.